The zero-order valence-corrected chi connectivity index (χ0v) is 13.4. The lowest BCUT2D eigenvalue weighted by molar-refractivity contribution is -0.134. The van der Waals surface area contributed by atoms with Crippen molar-refractivity contribution in [1.82, 2.24) is 4.90 Å². The van der Waals surface area contributed by atoms with Gasteiger partial charge in [-0.1, -0.05) is 0 Å². The van der Waals surface area contributed by atoms with E-state index in [1.807, 2.05) is 23.1 Å². The van der Waals surface area contributed by atoms with Crippen LogP contribution in [0.4, 0.5) is 0 Å². The van der Waals surface area contributed by atoms with Gasteiger partial charge in [-0.3, -0.25) is 4.79 Å². The van der Waals surface area contributed by atoms with Gasteiger partial charge in [-0.25, -0.2) is 0 Å². The molecule has 1 aromatic rings. The maximum Gasteiger partial charge on any atom is 0.242 e. The van der Waals surface area contributed by atoms with Gasteiger partial charge in [0.05, 0.1) is 26.9 Å². The predicted molar refractivity (Wildman–Crippen MR) is 83.1 cm³/mol. The largest absolute Gasteiger partial charge is 0.497 e. The summed E-state index contributed by atoms with van der Waals surface area (Å²) in [6, 6.07) is 5.03. The first-order valence-corrected chi connectivity index (χ1v) is 7.39. The van der Waals surface area contributed by atoms with Crippen molar-refractivity contribution in [1.29, 1.82) is 0 Å². The van der Waals surface area contributed by atoms with Gasteiger partial charge in [-0.15, -0.1) is 0 Å². The molecule has 0 spiro atoms. The molecule has 2 atom stereocenters. The summed E-state index contributed by atoms with van der Waals surface area (Å²) in [4.78, 5) is 14.3. The number of carbonyl (C=O) groups excluding carboxylic acids is 1. The van der Waals surface area contributed by atoms with E-state index in [4.69, 9.17) is 19.9 Å². The van der Waals surface area contributed by atoms with Gasteiger partial charge in [0.25, 0.3) is 0 Å². The predicted octanol–water partition coefficient (Wildman–Crippen LogP) is 1.34. The van der Waals surface area contributed by atoms with Crippen molar-refractivity contribution in [2.75, 3.05) is 34.5 Å². The van der Waals surface area contributed by atoms with E-state index in [9.17, 15) is 4.79 Å². The van der Waals surface area contributed by atoms with E-state index in [0.29, 0.717) is 6.54 Å². The number of carbonyl (C=O) groups is 1. The molecule has 22 heavy (non-hydrogen) atoms. The second-order valence-electron chi connectivity index (χ2n) is 5.36. The Balaban J connectivity index is 2.25. The van der Waals surface area contributed by atoms with E-state index in [0.717, 1.165) is 29.9 Å². The van der Waals surface area contributed by atoms with Gasteiger partial charge < -0.3 is 24.8 Å². The van der Waals surface area contributed by atoms with Crippen LogP contribution in [0.1, 0.15) is 24.4 Å². The van der Waals surface area contributed by atoms with Crippen molar-refractivity contribution in [2.24, 2.45) is 5.73 Å². The first kappa shape index (κ1) is 16.6. The summed E-state index contributed by atoms with van der Waals surface area (Å²) in [6.45, 7) is 0.928. The molecular weight excluding hydrogens is 284 g/mol. The molecule has 1 amide bonds. The number of benzene rings is 1. The van der Waals surface area contributed by atoms with Gasteiger partial charge in [-0.2, -0.15) is 0 Å². The zero-order valence-electron chi connectivity index (χ0n) is 13.4. The zero-order chi connectivity index (χ0) is 16.1. The monoisotopic (exact) mass is 308 g/mol. The molecule has 1 saturated heterocycles. The molecule has 1 aliphatic rings. The minimum absolute atomic E-state index is 0.0173. The maximum absolute atomic E-state index is 12.5. The van der Waals surface area contributed by atoms with Crippen LogP contribution >= 0.6 is 0 Å². The van der Waals surface area contributed by atoms with Crippen LogP contribution in [0.3, 0.4) is 0 Å². The molecule has 0 radical (unpaired) electrons. The normalized spacial score (nSPS) is 19.1. The minimum Gasteiger partial charge on any atom is -0.497 e. The van der Waals surface area contributed by atoms with E-state index in [-0.39, 0.29) is 18.6 Å². The van der Waals surface area contributed by atoms with Gasteiger partial charge in [-0.05, 0) is 25.0 Å². The Hall–Kier alpha value is -1.79. The second-order valence-corrected chi connectivity index (χ2v) is 5.36. The number of hydrogen-bond acceptors (Lipinski definition) is 5. The summed E-state index contributed by atoms with van der Waals surface area (Å²) in [5.74, 6) is 1.37. The summed E-state index contributed by atoms with van der Waals surface area (Å²) < 4.78 is 15.7. The van der Waals surface area contributed by atoms with Crippen molar-refractivity contribution in [3.05, 3.63) is 23.8 Å². The van der Waals surface area contributed by atoms with Crippen molar-refractivity contribution in [3.63, 3.8) is 0 Å². The fourth-order valence-electron chi connectivity index (χ4n) is 2.91. The SMILES string of the molecule is COCC(N)C(=O)N1CCCC1c1ccc(OC)cc1OC. The van der Waals surface area contributed by atoms with E-state index >= 15 is 0 Å². The van der Waals surface area contributed by atoms with E-state index in [1.54, 1.807) is 21.3 Å². The summed E-state index contributed by atoms with van der Waals surface area (Å²) in [6.07, 6.45) is 1.85. The quantitative estimate of drug-likeness (QED) is 0.858. The number of nitrogens with two attached hydrogens (primary N) is 1. The summed E-state index contributed by atoms with van der Waals surface area (Å²) in [7, 11) is 4.78. The Morgan fingerprint density at radius 1 is 1.36 bits per heavy atom. The number of nitrogens with zero attached hydrogens (tertiary/aromatic N) is 1. The minimum atomic E-state index is -0.630. The highest BCUT2D eigenvalue weighted by atomic mass is 16.5. The molecule has 0 bridgehead atoms. The molecule has 0 aliphatic carbocycles. The standard InChI is InChI=1S/C16H24N2O4/c1-20-10-13(17)16(19)18-8-4-5-14(18)12-7-6-11(21-2)9-15(12)22-3/h6-7,9,13-14H,4-5,8,10,17H2,1-3H3. The Morgan fingerprint density at radius 3 is 2.77 bits per heavy atom. The van der Waals surface area contributed by atoms with Crippen LogP contribution in [0, 0.1) is 0 Å². The molecule has 0 aromatic heterocycles. The van der Waals surface area contributed by atoms with Crippen LogP contribution < -0.4 is 15.2 Å². The summed E-state index contributed by atoms with van der Waals surface area (Å²) in [5, 5.41) is 0. The first-order valence-electron chi connectivity index (χ1n) is 7.39. The lowest BCUT2D eigenvalue weighted by Crippen LogP contribution is -2.45. The molecule has 2 rings (SSSR count). The highest BCUT2D eigenvalue weighted by Crippen LogP contribution is 2.38. The summed E-state index contributed by atoms with van der Waals surface area (Å²) >= 11 is 0. The molecule has 122 valence electrons. The molecular formula is C16H24N2O4. The van der Waals surface area contributed by atoms with Crippen LogP contribution in [-0.4, -0.2) is 51.3 Å². The van der Waals surface area contributed by atoms with Crippen LogP contribution in [0.5, 0.6) is 11.5 Å². The molecule has 1 aromatic carbocycles. The van der Waals surface area contributed by atoms with E-state index in [2.05, 4.69) is 0 Å². The number of ether oxygens (including phenoxy) is 3. The molecule has 1 fully saturated rings. The fourth-order valence-corrected chi connectivity index (χ4v) is 2.91. The number of methoxy groups -OCH3 is 3. The third kappa shape index (κ3) is 3.34. The highest BCUT2D eigenvalue weighted by molar-refractivity contribution is 5.82. The second kappa shape index (κ2) is 7.47. The van der Waals surface area contributed by atoms with Crippen LogP contribution in [0.2, 0.25) is 0 Å². The first-order chi connectivity index (χ1) is 10.6. The van der Waals surface area contributed by atoms with Gasteiger partial charge in [0, 0.05) is 25.3 Å². The van der Waals surface area contributed by atoms with Gasteiger partial charge in [0.2, 0.25) is 5.91 Å². The third-order valence-electron chi connectivity index (χ3n) is 4.00. The van der Waals surface area contributed by atoms with Gasteiger partial charge >= 0.3 is 0 Å². The topological polar surface area (TPSA) is 74.0 Å². The number of rotatable bonds is 6. The fraction of sp³-hybridized carbons (Fsp3) is 0.562. The Labute approximate surface area is 131 Å². The average Bonchev–Trinajstić information content (AvgIpc) is 3.02. The van der Waals surface area contributed by atoms with Gasteiger partial charge in [0.1, 0.15) is 17.5 Å². The number of hydrogen-bond donors (Lipinski definition) is 1. The lowest BCUT2D eigenvalue weighted by Gasteiger charge is -2.28. The molecule has 1 heterocycles. The molecule has 2 unspecified atom stereocenters. The Bertz CT molecular complexity index is 521. The smallest absolute Gasteiger partial charge is 0.242 e. The van der Waals surface area contributed by atoms with E-state index < -0.39 is 6.04 Å². The van der Waals surface area contributed by atoms with Crippen LogP contribution in [-0.2, 0) is 9.53 Å². The molecule has 1 aliphatic heterocycles. The molecule has 2 N–H and O–H groups in total. The Kier molecular flexibility index (Phi) is 5.63. The van der Waals surface area contributed by atoms with Crippen molar-refractivity contribution < 1.29 is 19.0 Å². The number of amides is 1. The molecule has 6 heteroatoms. The Morgan fingerprint density at radius 2 is 2.14 bits per heavy atom. The summed E-state index contributed by atoms with van der Waals surface area (Å²) in [5.41, 5.74) is 6.88. The highest BCUT2D eigenvalue weighted by Gasteiger charge is 2.34. The average molecular weight is 308 g/mol. The van der Waals surface area contributed by atoms with E-state index in [1.165, 1.54) is 0 Å². The van der Waals surface area contributed by atoms with Crippen molar-refractivity contribution in [2.45, 2.75) is 24.9 Å². The molecule has 6 nitrogen and oxygen atoms in total. The maximum atomic E-state index is 12.5. The van der Waals surface area contributed by atoms with Crippen molar-refractivity contribution >= 4 is 5.91 Å². The van der Waals surface area contributed by atoms with Crippen molar-refractivity contribution in [3.8, 4) is 11.5 Å². The van der Waals surface area contributed by atoms with Crippen LogP contribution in [0.25, 0.3) is 0 Å². The number of likely N-dealkylation sites (tertiary alicyclic amines) is 1. The lowest BCUT2D eigenvalue weighted by atomic mass is 10.0. The molecule has 0 saturated carbocycles. The van der Waals surface area contributed by atoms with Gasteiger partial charge in [0.15, 0.2) is 0 Å². The van der Waals surface area contributed by atoms with Crippen LogP contribution in [0.15, 0.2) is 18.2 Å². The third-order valence-corrected chi connectivity index (χ3v) is 4.00.